The maximum atomic E-state index is 9.31. The van der Waals surface area contributed by atoms with Gasteiger partial charge >= 0.3 is 0 Å². The van der Waals surface area contributed by atoms with E-state index in [1.54, 1.807) is 65.5 Å². The molecule has 0 saturated heterocycles. The molecule has 0 aromatic carbocycles. The molecule has 0 bridgehead atoms. The number of thiazole rings is 2. The number of nitrogens with one attached hydrogen (secondary N) is 8. The Balaban J connectivity index is 0.000000135. The average molecular weight is 1610 g/mol. The second-order valence-corrected chi connectivity index (χ2v) is 25.5. The lowest BCUT2D eigenvalue weighted by Crippen LogP contribution is -2.08. The summed E-state index contributed by atoms with van der Waals surface area (Å²) < 4.78 is 30.5. The molecular weight excluding hydrogens is 1550 g/mol. The molecule has 0 amide bonds. The number of ether oxygens (including phenoxy) is 4. The minimum absolute atomic E-state index is 0.0581. The zero-order valence-electron chi connectivity index (χ0n) is 57.4. The van der Waals surface area contributed by atoms with E-state index in [2.05, 4.69) is 148 Å². The number of halogens is 5. The number of aromatic amines is 3. The van der Waals surface area contributed by atoms with Crippen molar-refractivity contribution in [3.63, 3.8) is 0 Å². The van der Waals surface area contributed by atoms with Crippen LogP contribution in [0.15, 0.2) is 95.4 Å². The van der Waals surface area contributed by atoms with Gasteiger partial charge in [-0.15, -0.1) is 22.7 Å². The van der Waals surface area contributed by atoms with E-state index in [0.717, 1.165) is 51.8 Å². The summed E-state index contributed by atoms with van der Waals surface area (Å²) in [6.45, 7) is 8.16. The van der Waals surface area contributed by atoms with Crippen LogP contribution in [0, 0.1) is 0 Å². The molecule has 0 aliphatic carbocycles. The standard InChI is InChI=1S/C14H17ClN6O2S.C14H16ClN5O2.C12H12ClN7O2.C12H11ClN6.C11H11ClN6O2S/c1-2-6-23-14-18-10-11(17-8-9-16-3-7-24-9)19-13(15)20-12(10)21(14)4-5-22;1-2-3-6-22-14-17-10-11(16-8-9-5-4-7-21-9)18-13(15)19-12(10)20-14;13-11-18-9(15-5-7-1-2-14-6-16-7)8-10(19-11)20-12(17-8)22-4-3-21;1-19-7-16-11-9(19)10(17-12(13)18-11)15-6-8-2-4-14-5-3-8;12-10-16-8(14-5-6-13-1-4-21-6)7-9(17-10)18-11(15-7)20-3-2-19/h3,7,22H,2,4-6,8H2,1H3,(H,17,19,20);4-5,7H,2-3,6,8H2,1H3,(H2,16,17,18,19,20);1-2,6,21H,3-5H2,(H2,15,17,18,19,20);2-5,7H,6H2,1H3,(H,15,17,18);1,4,19H,2-3,5H2,(H2,14,15,16,17,18). The summed E-state index contributed by atoms with van der Waals surface area (Å²) in [5.74, 6) is 3.54. The van der Waals surface area contributed by atoms with Crippen LogP contribution < -0.4 is 45.5 Å². The second kappa shape index (κ2) is 39.6. The van der Waals surface area contributed by atoms with Crippen LogP contribution in [-0.2, 0) is 46.3 Å². The number of aliphatic hydroxyl groups excluding tert-OH is 3. The molecule has 0 aliphatic rings. The first-order chi connectivity index (χ1) is 52.7. The summed E-state index contributed by atoms with van der Waals surface area (Å²) in [5.41, 5.74) is 7.44. The van der Waals surface area contributed by atoms with Crippen molar-refractivity contribution < 1.29 is 38.7 Å². The largest absolute Gasteiger partial charge is 0.467 e. The Morgan fingerprint density at radius 2 is 1.02 bits per heavy atom. The van der Waals surface area contributed by atoms with Gasteiger partial charge in [0.1, 0.15) is 57.4 Å². The number of aryl methyl sites for hydroxylation is 1. The van der Waals surface area contributed by atoms with Crippen molar-refractivity contribution in [2.45, 2.75) is 72.4 Å². The van der Waals surface area contributed by atoms with Gasteiger partial charge in [-0.1, -0.05) is 20.3 Å². The summed E-state index contributed by atoms with van der Waals surface area (Å²) in [4.78, 5) is 91.9. The highest BCUT2D eigenvalue weighted by Gasteiger charge is 2.21. The minimum Gasteiger partial charge on any atom is -0.467 e. The van der Waals surface area contributed by atoms with Crippen molar-refractivity contribution in [2.24, 2.45) is 7.05 Å². The lowest BCUT2D eigenvalue weighted by Gasteiger charge is -2.07. The number of imidazole rings is 5. The lowest BCUT2D eigenvalue weighted by atomic mass is 10.3. The van der Waals surface area contributed by atoms with Crippen molar-refractivity contribution in [1.29, 1.82) is 0 Å². The molecule has 564 valence electrons. The third-order valence-electron chi connectivity index (χ3n) is 14.2. The molecule has 11 N–H and O–H groups in total. The van der Waals surface area contributed by atoms with Crippen LogP contribution in [0.1, 0.15) is 60.1 Å². The van der Waals surface area contributed by atoms with Gasteiger partial charge in [-0.2, -0.15) is 69.8 Å². The fourth-order valence-electron chi connectivity index (χ4n) is 9.44. The molecule has 15 aromatic rings. The second-order valence-electron chi connectivity index (χ2n) is 21.8. The molecule has 38 nitrogen and oxygen atoms in total. The molecule has 45 heteroatoms. The van der Waals surface area contributed by atoms with Gasteiger partial charge in [-0.3, -0.25) is 9.55 Å². The minimum atomic E-state index is -0.109. The molecule has 0 aliphatic heterocycles. The fraction of sp³-hybridized carbons (Fsp3) is 0.302. The fourth-order valence-corrected chi connectivity index (χ4v) is 11.4. The number of hydrogen-bond donors (Lipinski definition) is 11. The van der Waals surface area contributed by atoms with Crippen LogP contribution in [0.2, 0.25) is 26.4 Å². The predicted octanol–water partition coefficient (Wildman–Crippen LogP) is 9.97. The Morgan fingerprint density at radius 3 is 1.55 bits per heavy atom. The smallest absolute Gasteiger partial charge is 0.298 e. The third kappa shape index (κ3) is 21.9. The lowest BCUT2D eigenvalue weighted by molar-refractivity contribution is 0.193. The first-order valence-corrected chi connectivity index (χ1v) is 36.4. The Hall–Kier alpha value is -11.0. The summed E-state index contributed by atoms with van der Waals surface area (Å²) in [5, 5.41) is 48.9. The first kappa shape index (κ1) is 78.1. The molecule has 15 heterocycles. The first-order valence-electron chi connectivity index (χ1n) is 32.8. The van der Waals surface area contributed by atoms with Crippen molar-refractivity contribution in [1.82, 2.24) is 124 Å². The summed E-state index contributed by atoms with van der Waals surface area (Å²) >= 11 is 32.8. The van der Waals surface area contributed by atoms with E-state index in [1.807, 2.05) is 53.6 Å². The normalized spacial score (nSPS) is 11.0. The number of furan rings is 1. The van der Waals surface area contributed by atoms with E-state index in [4.69, 9.17) is 91.6 Å². The van der Waals surface area contributed by atoms with Gasteiger partial charge < -0.3 is 84.8 Å². The van der Waals surface area contributed by atoms with Crippen LogP contribution >= 0.6 is 80.7 Å². The molecule has 0 saturated carbocycles. The van der Waals surface area contributed by atoms with E-state index < -0.39 is 0 Å². The highest BCUT2D eigenvalue weighted by Crippen LogP contribution is 2.30. The Morgan fingerprint density at radius 1 is 0.491 bits per heavy atom. The predicted molar refractivity (Wildman–Crippen MR) is 406 cm³/mol. The van der Waals surface area contributed by atoms with Crippen molar-refractivity contribution in [2.75, 3.05) is 72.8 Å². The van der Waals surface area contributed by atoms with Gasteiger partial charge in [-0.25, -0.2) is 24.9 Å². The van der Waals surface area contributed by atoms with Gasteiger partial charge in [0.15, 0.2) is 62.8 Å². The van der Waals surface area contributed by atoms with Crippen LogP contribution in [0.25, 0.3) is 55.8 Å². The number of aliphatic hydroxyl groups is 3. The van der Waals surface area contributed by atoms with Crippen LogP contribution in [0.5, 0.6) is 24.0 Å². The van der Waals surface area contributed by atoms with E-state index >= 15 is 0 Å². The quantitative estimate of drug-likeness (QED) is 0.0147. The third-order valence-corrected chi connectivity index (χ3v) is 16.6. The number of pyridine rings is 1. The Bertz CT molecular complexity index is 5260. The molecule has 0 radical (unpaired) electrons. The van der Waals surface area contributed by atoms with E-state index in [0.29, 0.717) is 144 Å². The zero-order chi connectivity index (χ0) is 75.6. The molecule has 15 rings (SSSR count). The molecule has 0 spiro atoms. The molecule has 0 unspecified atom stereocenters. The number of anilines is 5. The maximum absolute atomic E-state index is 9.31. The molecule has 0 fully saturated rings. The van der Waals surface area contributed by atoms with E-state index in [-0.39, 0.29) is 71.5 Å². The molecule has 15 aromatic heterocycles. The molecule has 0 atom stereocenters. The van der Waals surface area contributed by atoms with Crippen molar-refractivity contribution in [3.8, 4) is 24.0 Å². The van der Waals surface area contributed by atoms with Gasteiger partial charge in [0.05, 0.1) is 84.0 Å². The van der Waals surface area contributed by atoms with Gasteiger partial charge in [-0.05, 0) is 107 Å². The van der Waals surface area contributed by atoms with Crippen LogP contribution in [-0.4, -0.2) is 185 Å². The van der Waals surface area contributed by atoms with Gasteiger partial charge in [0.25, 0.3) is 24.0 Å². The number of aromatic nitrogens is 25. The van der Waals surface area contributed by atoms with Gasteiger partial charge in [0.2, 0.25) is 26.4 Å². The summed E-state index contributed by atoms with van der Waals surface area (Å²) in [7, 11) is 1.89. The Labute approximate surface area is 644 Å². The Kier molecular flexibility index (Phi) is 28.6. The van der Waals surface area contributed by atoms with E-state index in [9.17, 15) is 5.11 Å². The van der Waals surface area contributed by atoms with Crippen LogP contribution in [0.4, 0.5) is 29.1 Å². The summed E-state index contributed by atoms with van der Waals surface area (Å²) in [6.07, 6.45) is 16.3. The maximum Gasteiger partial charge on any atom is 0.298 e. The van der Waals surface area contributed by atoms with Crippen LogP contribution in [0.3, 0.4) is 0 Å². The zero-order valence-corrected chi connectivity index (χ0v) is 62.8. The highest BCUT2D eigenvalue weighted by molar-refractivity contribution is 7.09. The molecular formula is C63H67Cl5N30O8S2. The number of rotatable bonds is 30. The highest BCUT2D eigenvalue weighted by atomic mass is 35.5. The SMILES string of the molecule is CCCCOc1nc2nc(Cl)nc(NCc3ccco3)c2[nH]1.CCCOc1nc2c(NCc3nccs3)nc(Cl)nc2n1CCO.Cn1cnc2nc(Cl)nc(NCc3ccncc3)c21.OCCOc1nc2nc(Cl)nc(NCc3ccncn3)c2[nH]1.OCCOc1nc2nc(Cl)nc(NCc3nccs3)c2[nH]1. The number of H-pyrrole nitrogens is 3. The number of nitrogens with zero attached hydrogens (tertiary/aromatic N) is 22. The van der Waals surface area contributed by atoms with Crippen molar-refractivity contribution >= 4 is 166 Å². The van der Waals surface area contributed by atoms with E-state index in [1.165, 1.54) is 17.7 Å². The monoisotopic (exact) mass is 1610 g/mol. The topological polar surface area (TPSA) is 486 Å². The number of fused-ring (bicyclic) bond motifs is 5. The summed E-state index contributed by atoms with van der Waals surface area (Å²) in [6, 6.07) is 10.7. The number of hydrogen-bond acceptors (Lipinski definition) is 35. The number of unbranched alkanes of at least 4 members (excludes halogenated alkanes) is 1. The average Bonchev–Trinajstić information content (AvgIpc) is 1.64. The molecule has 108 heavy (non-hydrogen) atoms. The van der Waals surface area contributed by atoms with Gasteiger partial charge in [0, 0.05) is 55.3 Å². The van der Waals surface area contributed by atoms with Crippen molar-refractivity contribution in [3.05, 3.63) is 144 Å².